The van der Waals surface area contributed by atoms with E-state index in [9.17, 15) is 22.4 Å². The van der Waals surface area contributed by atoms with Crippen LogP contribution < -0.4 is 5.32 Å². The minimum Gasteiger partial charge on any atom is -0.352 e. The molecule has 1 aromatic carbocycles. The minimum absolute atomic E-state index is 0.307. The summed E-state index contributed by atoms with van der Waals surface area (Å²) in [6.45, 7) is 2.28. The Kier molecular flexibility index (Phi) is 5.32. The van der Waals surface area contributed by atoms with E-state index in [0.29, 0.717) is 19.0 Å². The van der Waals surface area contributed by atoms with Crippen LogP contribution in [0.3, 0.4) is 0 Å². The van der Waals surface area contributed by atoms with Gasteiger partial charge in [-0.1, -0.05) is 19.8 Å². The number of amides is 1. The molecule has 1 rings (SSSR count). The lowest BCUT2D eigenvalue weighted by molar-refractivity contribution is -0.138. The van der Waals surface area contributed by atoms with Crippen molar-refractivity contribution in [1.29, 1.82) is 0 Å². The molecule has 0 radical (unpaired) electrons. The maximum Gasteiger partial charge on any atom is 0.417 e. The molecule has 0 atom stereocenters. The van der Waals surface area contributed by atoms with Crippen molar-refractivity contribution >= 4 is 5.91 Å². The summed E-state index contributed by atoms with van der Waals surface area (Å²) < 4.78 is 50.9. The summed E-state index contributed by atoms with van der Waals surface area (Å²) in [4.78, 5) is 11.7. The number of benzene rings is 1. The summed E-state index contributed by atoms with van der Waals surface area (Å²) in [7, 11) is 0. The number of unbranched alkanes of at least 4 members (excludes halogenated alkanes) is 2. The summed E-state index contributed by atoms with van der Waals surface area (Å²) in [6.07, 6.45) is -2.22. The third-order valence-electron chi connectivity index (χ3n) is 2.60. The smallest absolute Gasteiger partial charge is 0.352 e. The molecule has 1 amide bonds. The molecule has 0 bridgehead atoms. The lowest BCUT2D eigenvalue weighted by Gasteiger charge is -2.12. The van der Waals surface area contributed by atoms with E-state index in [0.717, 1.165) is 25.0 Å². The first-order chi connectivity index (χ1) is 8.86. The Morgan fingerprint density at radius 2 is 1.95 bits per heavy atom. The fourth-order valence-corrected chi connectivity index (χ4v) is 1.62. The fourth-order valence-electron chi connectivity index (χ4n) is 1.62. The number of carbonyl (C=O) groups excluding carboxylic acids is 1. The van der Waals surface area contributed by atoms with Gasteiger partial charge in [-0.05, 0) is 24.6 Å². The number of nitrogens with one attached hydrogen (secondary N) is 1. The molecule has 106 valence electrons. The molecule has 0 aliphatic heterocycles. The Labute approximate surface area is 108 Å². The number of alkyl halides is 3. The molecule has 0 saturated heterocycles. The largest absolute Gasteiger partial charge is 0.417 e. The zero-order valence-electron chi connectivity index (χ0n) is 10.5. The molecule has 1 N–H and O–H groups in total. The maximum absolute atomic E-state index is 12.9. The van der Waals surface area contributed by atoms with Crippen molar-refractivity contribution < 1.29 is 22.4 Å². The van der Waals surface area contributed by atoms with Gasteiger partial charge in [0, 0.05) is 6.54 Å². The maximum atomic E-state index is 12.9. The zero-order chi connectivity index (χ0) is 14.5. The van der Waals surface area contributed by atoms with Crippen molar-refractivity contribution in [2.45, 2.75) is 32.4 Å². The molecule has 6 heteroatoms. The standard InChI is InChI=1S/C13H15F4NO/c1-2-3-4-7-18-12(19)10-6-5-9(14)8-11(10)13(15,16)17/h5-6,8H,2-4,7H2,1H3,(H,18,19). The van der Waals surface area contributed by atoms with Crippen LogP contribution in [0.1, 0.15) is 42.1 Å². The summed E-state index contributed by atoms with van der Waals surface area (Å²) in [5, 5.41) is 2.40. The molecule has 19 heavy (non-hydrogen) atoms. The van der Waals surface area contributed by atoms with Gasteiger partial charge in [-0.3, -0.25) is 4.79 Å². The van der Waals surface area contributed by atoms with Gasteiger partial charge in [0.15, 0.2) is 0 Å². The Morgan fingerprint density at radius 1 is 1.26 bits per heavy atom. The highest BCUT2D eigenvalue weighted by atomic mass is 19.4. The lowest BCUT2D eigenvalue weighted by atomic mass is 10.1. The topological polar surface area (TPSA) is 29.1 Å². The number of carbonyl (C=O) groups is 1. The Bertz CT molecular complexity index is 443. The molecule has 0 aromatic heterocycles. The first-order valence-corrected chi connectivity index (χ1v) is 6.01. The lowest BCUT2D eigenvalue weighted by Crippen LogP contribution is -2.27. The average Bonchev–Trinajstić information content (AvgIpc) is 2.33. The van der Waals surface area contributed by atoms with Crippen molar-refractivity contribution in [1.82, 2.24) is 5.32 Å². The second kappa shape index (κ2) is 6.54. The second-order valence-electron chi connectivity index (χ2n) is 4.15. The molecule has 0 saturated carbocycles. The van der Waals surface area contributed by atoms with Gasteiger partial charge in [-0.2, -0.15) is 13.2 Å². The van der Waals surface area contributed by atoms with E-state index in [-0.39, 0.29) is 0 Å². The monoisotopic (exact) mass is 277 g/mol. The summed E-state index contributed by atoms with van der Waals surface area (Å²) in [6, 6.07) is 2.03. The van der Waals surface area contributed by atoms with Crippen molar-refractivity contribution in [3.8, 4) is 0 Å². The van der Waals surface area contributed by atoms with Crippen LogP contribution in [0.15, 0.2) is 18.2 Å². The molecule has 0 aliphatic carbocycles. The first kappa shape index (κ1) is 15.5. The first-order valence-electron chi connectivity index (χ1n) is 6.01. The van der Waals surface area contributed by atoms with E-state index in [4.69, 9.17) is 0 Å². The van der Waals surface area contributed by atoms with Crippen LogP contribution >= 0.6 is 0 Å². The van der Waals surface area contributed by atoms with Crippen LogP contribution in [0.2, 0.25) is 0 Å². The van der Waals surface area contributed by atoms with Crippen LogP contribution in [0.5, 0.6) is 0 Å². The van der Waals surface area contributed by atoms with E-state index in [1.165, 1.54) is 0 Å². The molecular formula is C13H15F4NO. The highest BCUT2D eigenvalue weighted by Crippen LogP contribution is 2.32. The number of rotatable bonds is 5. The SMILES string of the molecule is CCCCCNC(=O)c1ccc(F)cc1C(F)(F)F. The number of hydrogen-bond acceptors (Lipinski definition) is 1. The van der Waals surface area contributed by atoms with Gasteiger partial charge in [-0.25, -0.2) is 4.39 Å². The van der Waals surface area contributed by atoms with Gasteiger partial charge in [-0.15, -0.1) is 0 Å². The van der Waals surface area contributed by atoms with Crippen molar-refractivity contribution in [3.63, 3.8) is 0 Å². The third-order valence-corrected chi connectivity index (χ3v) is 2.60. The highest BCUT2D eigenvalue weighted by molar-refractivity contribution is 5.95. The van der Waals surface area contributed by atoms with E-state index in [1.807, 2.05) is 6.92 Å². The molecule has 0 unspecified atom stereocenters. The molecule has 0 fully saturated rings. The van der Waals surface area contributed by atoms with Gasteiger partial charge in [0.25, 0.3) is 5.91 Å². The minimum atomic E-state index is -4.75. The van der Waals surface area contributed by atoms with Gasteiger partial charge in [0.05, 0.1) is 11.1 Å². The molecule has 0 aliphatic rings. The number of halogens is 4. The molecular weight excluding hydrogens is 262 g/mol. The Morgan fingerprint density at radius 3 is 2.53 bits per heavy atom. The Hall–Kier alpha value is -1.59. The third kappa shape index (κ3) is 4.54. The van der Waals surface area contributed by atoms with Gasteiger partial charge in [0.1, 0.15) is 5.82 Å². The molecule has 1 aromatic rings. The summed E-state index contributed by atoms with van der Waals surface area (Å²) in [5.41, 5.74) is -1.80. The highest BCUT2D eigenvalue weighted by Gasteiger charge is 2.35. The van der Waals surface area contributed by atoms with E-state index < -0.39 is 29.0 Å². The van der Waals surface area contributed by atoms with Gasteiger partial charge < -0.3 is 5.32 Å². The van der Waals surface area contributed by atoms with Crippen LogP contribution in [-0.4, -0.2) is 12.5 Å². The normalized spacial score (nSPS) is 11.4. The second-order valence-corrected chi connectivity index (χ2v) is 4.15. The zero-order valence-corrected chi connectivity index (χ0v) is 10.5. The quantitative estimate of drug-likeness (QED) is 0.644. The van der Waals surface area contributed by atoms with Crippen molar-refractivity contribution in [3.05, 3.63) is 35.1 Å². The van der Waals surface area contributed by atoms with E-state index >= 15 is 0 Å². The van der Waals surface area contributed by atoms with Gasteiger partial charge in [0.2, 0.25) is 0 Å². The van der Waals surface area contributed by atoms with Gasteiger partial charge >= 0.3 is 6.18 Å². The van der Waals surface area contributed by atoms with E-state index in [2.05, 4.69) is 5.32 Å². The predicted molar refractivity (Wildman–Crippen MR) is 63.3 cm³/mol. The van der Waals surface area contributed by atoms with Crippen molar-refractivity contribution in [2.75, 3.05) is 6.54 Å². The predicted octanol–water partition coefficient (Wildman–Crippen LogP) is 3.76. The molecule has 2 nitrogen and oxygen atoms in total. The van der Waals surface area contributed by atoms with Crippen molar-refractivity contribution in [2.24, 2.45) is 0 Å². The number of hydrogen-bond donors (Lipinski definition) is 1. The summed E-state index contributed by atoms with van der Waals surface area (Å²) >= 11 is 0. The van der Waals surface area contributed by atoms with Crippen LogP contribution in [-0.2, 0) is 6.18 Å². The molecule has 0 heterocycles. The van der Waals surface area contributed by atoms with Crippen LogP contribution in [0.25, 0.3) is 0 Å². The van der Waals surface area contributed by atoms with Crippen LogP contribution in [0.4, 0.5) is 17.6 Å². The average molecular weight is 277 g/mol. The fraction of sp³-hybridized carbons (Fsp3) is 0.462. The summed E-state index contributed by atoms with van der Waals surface area (Å²) in [5.74, 6) is -1.85. The van der Waals surface area contributed by atoms with Crippen LogP contribution in [0, 0.1) is 5.82 Å². The van der Waals surface area contributed by atoms with E-state index in [1.54, 1.807) is 0 Å². The molecule has 0 spiro atoms. The Balaban J connectivity index is 2.85.